The van der Waals surface area contributed by atoms with Gasteiger partial charge in [-0.05, 0) is 62.6 Å². The van der Waals surface area contributed by atoms with Crippen LogP contribution < -0.4 is 15.0 Å². The average Bonchev–Trinajstić information content (AvgIpc) is 2.69. The number of nitrogens with one attached hydrogen (secondary N) is 1. The Labute approximate surface area is 154 Å². The lowest BCUT2D eigenvalue weighted by Gasteiger charge is -2.30. The number of anilines is 2. The summed E-state index contributed by atoms with van der Waals surface area (Å²) in [6.07, 6.45) is 2.99. The Morgan fingerprint density at radius 1 is 1.12 bits per heavy atom. The van der Waals surface area contributed by atoms with Gasteiger partial charge in [0.25, 0.3) is 5.91 Å². The summed E-state index contributed by atoms with van der Waals surface area (Å²) in [7, 11) is 0. The first-order valence-electron chi connectivity index (χ1n) is 8.99. The molecule has 134 valence electrons. The second-order valence-corrected chi connectivity index (χ2v) is 6.45. The van der Waals surface area contributed by atoms with E-state index in [-0.39, 0.29) is 5.91 Å². The Kier molecular flexibility index (Phi) is 5.75. The van der Waals surface area contributed by atoms with Gasteiger partial charge in [0.2, 0.25) is 0 Å². The van der Waals surface area contributed by atoms with Crippen molar-refractivity contribution in [2.45, 2.75) is 32.3 Å². The highest BCUT2D eigenvalue weighted by atomic mass is 16.5. The maximum Gasteiger partial charge on any atom is 0.265 e. The molecule has 1 amide bonds. The third-order valence-electron chi connectivity index (χ3n) is 4.52. The van der Waals surface area contributed by atoms with Crippen molar-refractivity contribution in [2.24, 2.45) is 0 Å². The molecule has 3 rings (SSSR count). The third kappa shape index (κ3) is 4.34. The number of piperidine rings is 1. The fraction of sp³-hybridized carbons (Fsp3) is 0.333. The Morgan fingerprint density at radius 3 is 2.50 bits per heavy atom. The number of carbonyl (C=O) groups excluding carboxylic acids is 1. The first-order valence-corrected chi connectivity index (χ1v) is 8.99. The Hall–Kier alpha value is -3.00. The molecular weight excluding hydrogens is 326 g/mol. The van der Waals surface area contributed by atoms with Crippen molar-refractivity contribution in [2.75, 3.05) is 23.3 Å². The van der Waals surface area contributed by atoms with E-state index in [1.54, 1.807) is 31.2 Å². The zero-order chi connectivity index (χ0) is 18.4. The SMILES string of the molecule is C[C@@H](Oc1ccc(C#N)cc1)C(=O)Nc1ccccc1N1CCCCC1. The van der Waals surface area contributed by atoms with Crippen molar-refractivity contribution in [1.29, 1.82) is 5.26 Å². The predicted molar refractivity (Wildman–Crippen MR) is 102 cm³/mol. The van der Waals surface area contributed by atoms with Gasteiger partial charge in [-0.3, -0.25) is 4.79 Å². The Morgan fingerprint density at radius 2 is 1.81 bits per heavy atom. The van der Waals surface area contributed by atoms with Crippen molar-refractivity contribution in [3.8, 4) is 11.8 Å². The summed E-state index contributed by atoms with van der Waals surface area (Å²) in [6.45, 7) is 3.76. The first-order chi connectivity index (χ1) is 12.7. The number of benzene rings is 2. The van der Waals surface area contributed by atoms with Crippen LogP contribution in [-0.2, 0) is 4.79 Å². The first kappa shape index (κ1) is 17.8. The minimum absolute atomic E-state index is 0.196. The molecule has 1 N–H and O–H groups in total. The molecule has 2 aromatic rings. The molecular formula is C21H23N3O2. The number of hydrogen-bond acceptors (Lipinski definition) is 4. The van der Waals surface area contributed by atoms with Crippen LogP contribution in [0, 0.1) is 11.3 Å². The highest BCUT2D eigenvalue weighted by Gasteiger charge is 2.19. The fourth-order valence-corrected chi connectivity index (χ4v) is 3.09. The molecule has 0 bridgehead atoms. The summed E-state index contributed by atoms with van der Waals surface area (Å²) in [5.74, 6) is 0.370. The molecule has 1 atom stereocenters. The Bertz CT molecular complexity index is 790. The van der Waals surface area contributed by atoms with Crippen molar-refractivity contribution in [3.63, 3.8) is 0 Å². The topological polar surface area (TPSA) is 65.4 Å². The molecule has 1 aliphatic rings. The van der Waals surface area contributed by atoms with Gasteiger partial charge in [-0.15, -0.1) is 0 Å². The van der Waals surface area contributed by atoms with Gasteiger partial charge in [-0.1, -0.05) is 12.1 Å². The van der Waals surface area contributed by atoms with Crippen LogP contribution in [0.3, 0.4) is 0 Å². The van der Waals surface area contributed by atoms with Crippen molar-refractivity contribution in [1.82, 2.24) is 0 Å². The van der Waals surface area contributed by atoms with Crippen LogP contribution in [0.4, 0.5) is 11.4 Å². The normalized spacial score (nSPS) is 15.0. The number of hydrogen-bond donors (Lipinski definition) is 1. The van der Waals surface area contributed by atoms with E-state index in [1.165, 1.54) is 19.3 Å². The monoisotopic (exact) mass is 349 g/mol. The summed E-state index contributed by atoms with van der Waals surface area (Å²) in [4.78, 5) is 14.9. The van der Waals surface area contributed by atoms with E-state index in [9.17, 15) is 4.79 Å². The van der Waals surface area contributed by atoms with E-state index in [1.807, 2.05) is 24.3 Å². The molecule has 0 saturated carbocycles. The molecule has 0 aromatic heterocycles. The van der Waals surface area contributed by atoms with Gasteiger partial charge in [0.1, 0.15) is 5.75 Å². The average molecular weight is 349 g/mol. The highest BCUT2D eigenvalue weighted by molar-refractivity contribution is 5.97. The Balaban J connectivity index is 1.66. The number of carbonyl (C=O) groups is 1. The predicted octanol–water partition coefficient (Wildman–Crippen LogP) is 3.95. The largest absolute Gasteiger partial charge is 0.481 e. The van der Waals surface area contributed by atoms with Gasteiger partial charge < -0.3 is 15.0 Å². The smallest absolute Gasteiger partial charge is 0.265 e. The van der Waals surface area contributed by atoms with E-state index < -0.39 is 6.10 Å². The molecule has 5 heteroatoms. The van der Waals surface area contributed by atoms with Crippen LogP contribution in [0.1, 0.15) is 31.7 Å². The molecule has 1 saturated heterocycles. The lowest BCUT2D eigenvalue weighted by atomic mass is 10.1. The lowest BCUT2D eigenvalue weighted by molar-refractivity contribution is -0.122. The van der Waals surface area contributed by atoms with Crippen LogP contribution in [0.5, 0.6) is 5.75 Å². The summed E-state index contributed by atoms with van der Waals surface area (Å²) < 4.78 is 5.70. The zero-order valence-electron chi connectivity index (χ0n) is 14.9. The van der Waals surface area contributed by atoms with Gasteiger partial charge in [-0.2, -0.15) is 5.26 Å². The second-order valence-electron chi connectivity index (χ2n) is 6.45. The molecule has 26 heavy (non-hydrogen) atoms. The molecule has 0 unspecified atom stereocenters. The van der Waals surface area contributed by atoms with Crippen LogP contribution in [0.2, 0.25) is 0 Å². The zero-order valence-corrected chi connectivity index (χ0v) is 14.9. The highest BCUT2D eigenvalue weighted by Crippen LogP contribution is 2.28. The number of ether oxygens (including phenoxy) is 1. The van der Waals surface area contributed by atoms with Crippen molar-refractivity contribution >= 4 is 17.3 Å². The molecule has 2 aromatic carbocycles. The van der Waals surface area contributed by atoms with Gasteiger partial charge in [0, 0.05) is 13.1 Å². The molecule has 5 nitrogen and oxygen atoms in total. The van der Waals surface area contributed by atoms with Crippen molar-refractivity contribution < 1.29 is 9.53 Å². The number of nitrogens with zero attached hydrogens (tertiary/aromatic N) is 2. The molecule has 1 aliphatic heterocycles. The lowest BCUT2D eigenvalue weighted by Crippen LogP contribution is -2.33. The minimum atomic E-state index is -0.641. The third-order valence-corrected chi connectivity index (χ3v) is 4.52. The van der Waals surface area contributed by atoms with Gasteiger partial charge in [0.05, 0.1) is 23.0 Å². The van der Waals surface area contributed by atoms with Gasteiger partial charge >= 0.3 is 0 Å². The van der Waals surface area contributed by atoms with Gasteiger partial charge in [-0.25, -0.2) is 0 Å². The molecule has 1 fully saturated rings. The summed E-state index contributed by atoms with van der Waals surface area (Å²) in [6, 6.07) is 16.7. The number of para-hydroxylation sites is 2. The van der Waals surface area contributed by atoms with E-state index in [0.29, 0.717) is 11.3 Å². The van der Waals surface area contributed by atoms with Crippen molar-refractivity contribution in [3.05, 3.63) is 54.1 Å². The van der Waals surface area contributed by atoms with Crippen LogP contribution in [0.25, 0.3) is 0 Å². The standard InChI is InChI=1S/C21H23N3O2/c1-16(26-18-11-9-17(15-22)10-12-18)21(25)23-19-7-3-4-8-20(19)24-13-5-2-6-14-24/h3-4,7-12,16H,2,5-6,13-14H2,1H3,(H,23,25)/t16-/m1/s1. The number of rotatable bonds is 5. The summed E-state index contributed by atoms with van der Waals surface area (Å²) in [5, 5.41) is 11.8. The minimum Gasteiger partial charge on any atom is -0.481 e. The fourth-order valence-electron chi connectivity index (χ4n) is 3.09. The summed E-state index contributed by atoms with van der Waals surface area (Å²) >= 11 is 0. The van der Waals surface area contributed by atoms with Gasteiger partial charge in [0.15, 0.2) is 6.10 Å². The van der Waals surface area contributed by atoms with Crippen LogP contribution in [0.15, 0.2) is 48.5 Å². The van der Waals surface area contributed by atoms with E-state index in [0.717, 1.165) is 24.5 Å². The molecule has 0 aliphatic carbocycles. The summed E-state index contributed by atoms with van der Waals surface area (Å²) in [5.41, 5.74) is 2.44. The maximum atomic E-state index is 12.6. The van der Waals surface area contributed by atoms with Crippen LogP contribution >= 0.6 is 0 Å². The maximum absolute atomic E-state index is 12.6. The number of amides is 1. The molecule has 0 spiro atoms. The molecule has 0 radical (unpaired) electrons. The van der Waals surface area contributed by atoms with E-state index in [2.05, 4.69) is 16.3 Å². The van der Waals surface area contributed by atoms with E-state index in [4.69, 9.17) is 10.00 Å². The molecule has 1 heterocycles. The quantitative estimate of drug-likeness (QED) is 0.887. The van der Waals surface area contributed by atoms with Crippen LogP contribution in [-0.4, -0.2) is 25.1 Å². The number of nitriles is 1. The van der Waals surface area contributed by atoms with E-state index >= 15 is 0 Å². The second kappa shape index (κ2) is 8.39.